The van der Waals surface area contributed by atoms with Gasteiger partial charge in [0, 0.05) is 18.8 Å². The van der Waals surface area contributed by atoms with E-state index < -0.39 is 20.6 Å². The molecule has 0 bridgehead atoms. The topological polar surface area (TPSA) is 130 Å². The molecule has 1 aromatic carbocycles. The van der Waals surface area contributed by atoms with E-state index in [1.165, 1.54) is 23.0 Å². The molecule has 30 heavy (non-hydrogen) atoms. The van der Waals surface area contributed by atoms with Gasteiger partial charge in [-0.05, 0) is 28.1 Å². The van der Waals surface area contributed by atoms with Crippen LogP contribution in [0.2, 0.25) is 0 Å². The van der Waals surface area contributed by atoms with E-state index in [4.69, 9.17) is 0 Å². The molecule has 0 radical (unpaired) electrons. The molecule has 0 amide bonds. The van der Waals surface area contributed by atoms with Crippen LogP contribution in [0.25, 0.3) is 22.3 Å². The van der Waals surface area contributed by atoms with Gasteiger partial charge in [-0.3, -0.25) is 19.6 Å². The molecular weight excluding hydrogens is 478 g/mol. The van der Waals surface area contributed by atoms with Gasteiger partial charge in [0.25, 0.3) is 15.7 Å². The summed E-state index contributed by atoms with van der Waals surface area (Å²) in [5.74, 6) is 0. The zero-order valence-electron chi connectivity index (χ0n) is 15.3. The zero-order chi connectivity index (χ0) is 21.6. The number of rotatable bonds is 5. The van der Waals surface area contributed by atoms with E-state index in [2.05, 4.69) is 26.0 Å². The maximum atomic E-state index is 13.5. The fraction of sp³-hybridized carbons (Fsp3) is 0.0556. The molecule has 0 aliphatic rings. The number of halogens is 1. The number of aryl methyl sites for hydroxylation is 1. The van der Waals surface area contributed by atoms with Crippen molar-refractivity contribution in [1.82, 2.24) is 18.7 Å². The Morgan fingerprint density at radius 3 is 2.47 bits per heavy atom. The summed E-state index contributed by atoms with van der Waals surface area (Å²) in [7, 11) is -2.51. The van der Waals surface area contributed by atoms with E-state index in [0.29, 0.717) is 11.8 Å². The standard InChI is InChI=1S/C18H12BrN5O5S/c1-22-9-11(7-21-22)17-16(19)15-13(10-25)14(24(26)27)8-20-18(15)23(17)30(28,29)12-5-3-2-4-6-12/h2-10H,1H3. The Balaban J connectivity index is 2.21. The maximum Gasteiger partial charge on any atom is 0.298 e. The lowest BCUT2D eigenvalue weighted by Gasteiger charge is -2.11. The Morgan fingerprint density at radius 2 is 1.90 bits per heavy atom. The number of hydrogen-bond acceptors (Lipinski definition) is 7. The zero-order valence-corrected chi connectivity index (χ0v) is 17.7. The first-order valence-corrected chi connectivity index (χ1v) is 10.6. The van der Waals surface area contributed by atoms with Crippen LogP contribution in [-0.4, -0.2) is 38.4 Å². The molecule has 0 atom stereocenters. The van der Waals surface area contributed by atoms with Crippen molar-refractivity contribution in [3.8, 4) is 11.3 Å². The average Bonchev–Trinajstić information content (AvgIpc) is 3.28. The molecular formula is C18H12BrN5O5S. The summed E-state index contributed by atoms with van der Waals surface area (Å²) >= 11 is 3.34. The second-order valence-corrected chi connectivity index (χ2v) is 8.86. The van der Waals surface area contributed by atoms with Gasteiger partial charge in [0.05, 0.1) is 31.6 Å². The average molecular weight is 490 g/mol. The number of benzene rings is 1. The number of aldehydes is 1. The molecule has 152 valence electrons. The third-order valence-corrected chi connectivity index (χ3v) is 6.95. The summed E-state index contributed by atoms with van der Waals surface area (Å²) < 4.78 is 29.7. The summed E-state index contributed by atoms with van der Waals surface area (Å²) in [6.45, 7) is 0. The minimum Gasteiger partial charge on any atom is -0.298 e. The summed E-state index contributed by atoms with van der Waals surface area (Å²) in [5.41, 5.74) is -0.342. The third kappa shape index (κ3) is 2.92. The van der Waals surface area contributed by atoms with Gasteiger partial charge < -0.3 is 0 Å². The predicted molar refractivity (Wildman–Crippen MR) is 111 cm³/mol. The Bertz CT molecular complexity index is 1430. The quantitative estimate of drug-likeness (QED) is 0.239. The molecule has 4 aromatic rings. The number of pyridine rings is 1. The van der Waals surface area contributed by atoms with E-state index in [0.717, 1.165) is 10.2 Å². The van der Waals surface area contributed by atoms with Gasteiger partial charge in [0.2, 0.25) is 0 Å². The molecule has 0 fully saturated rings. The second-order valence-electron chi connectivity index (χ2n) is 6.28. The highest BCUT2D eigenvalue weighted by Crippen LogP contribution is 2.42. The Hall–Kier alpha value is -3.38. The van der Waals surface area contributed by atoms with E-state index in [1.54, 1.807) is 31.4 Å². The van der Waals surface area contributed by atoms with Crippen molar-refractivity contribution in [2.24, 2.45) is 7.05 Å². The third-order valence-electron chi connectivity index (χ3n) is 4.48. The van der Waals surface area contributed by atoms with Crippen LogP contribution >= 0.6 is 15.9 Å². The van der Waals surface area contributed by atoms with Crippen molar-refractivity contribution in [2.75, 3.05) is 0 Å². The lowest BCUT2D eigenvalue weighted by atomic mass is 10.1. The highest BCUT2D eigenvalue weighted by Gasteiger charge is 2.32. The molecule has 3 aromatic heterocycles. The highest BCUT2D eigenvalue weighted by atomic mass is 79.9. The van der Waals surface area contributed by atoms with Crippen molar-refractivity contribution in [3.63, 3.8) is 0 Å². The van der Waals surface area contributed by atoms with Gasteiger partial charge in [-0.2, -0.15) is 5.10 Å². The molecule has 0 unspecified atom stereocenters. The van der Waals surface area contributed by atoms with Crippen LogP contribution in [0.1, 0.15) is 10.4 Å². The lowest BCUT2D eigenvalue weighted by molar-refractivity contribution is -0.385. The fourth-order valence-corrected chi connectivity index (χ4v) is 5.60. The molecule has 4 rings (SSSR count). The van der Waals surface area contributed by atoms with Crippen LogP contribution in [0.15, 0.2) is 58.3 Å². The maximum absolute atomic E-state index is 13.5. The van der Waals surface area contributed by atoms with Crippen molar-refractivity contribution in [3.05, 3.63) is 69.1 Å². The molecule has 0 saturated carbocycles. The van der Waals surface area contributed by atoms with Crippen LogP contribution in [0.5, 0.6) is 0 Å². The molecule has 10 nitrogen and oxygen atoms in total. The number of fused-ring (bicyclic) bond motifs is 1. The highest BCUT2D eigenvalue weighted by molar-refractivity contribution is 9.10. The van der Waals surface area contributed by atoms with Gasteiger partial charge in [-0.15, -0.1) is 0 Å². The van der Waals surface area contributed by atoms with Gasteiger partial charge in [-0.25, -0.2) is 17.4 Å². The summed E-state index contributed by atoms with van der Waals surface area (Å²) in [4.78, 5) is 26.4. The van der Waals surface area contributed by atoms with Crippen LogP contribution in [0.4, 0.5) is 5.69 Å². The van der Waals surface area contributed by atoms with E-state index in [-0.39, 0.29) is 31.7 Å². The van der Waals surface area contributed by atoms with Crippen molar-refractivity contribution >= 4 is 49.0 Å². The minimum atomic E-state index is -4.17. The fourth-order valence-electron chi connectivity index (χ4n) is 3.17. The number of carbonyl (C=O) groups is 1. The summed E-state index contributed by atoms with van der Waals surface area (Å²) in [6.07, 6.45) is 4.23. The van der Waals surface area contributed by atoms with Crippen molar-refractivity contribution in [1.29, 1.82) is 0 Å². The first-order chi connectivity index (χ1) is 14.3. The number of hydrogen-bond donors (Lipinski definition) is 0. The number of nitrogens with zero attached hydrogens (tertiary/aromatic N) is 5. The van der Waals surface area contributed by atoms with Gasteiger partial charge in [-0.1, -0.05) is 18.2 Å². The summed E-state index contributed by atoms with van der Waals surface area (Å²) in [5, 5.41) is 15.5. The number of nitro groups is 1. The Morgan fingerprint density at radius 1 is 1.20 bits per heavy atom. The molecule has 12 heteroatoms. The van der Waals surface area contributed by atoms with Crippen LogP contribution < -0.4 is 0 Å². The van der Waals surface area contributed by atoms with E-state index >= 15 is 0 Å². The Kier molecular flexibility index (Phi) is 4.74. The molecule has 0 aliphatic carbocycles. The molecule has 3 heterocycles. The second kappa shape index (κ2) is 7.15. The van der Waals surface area contributed by atoms with Gasteiger partial charge in [0.1, 0.15) is 11.8 Å². The SMILES string of the molecule is Cn1cc(-c2c(Br)c3c(C=O)c([N+](=O)[O-])cnc3n2S(=O)(=O)c2ccccc2)cn1. The van der Waals surface area contributed by atoms with Gasteiger partial charge >= 0.3 is 0 Å². The van der Waals surface area contributed by atoms with Gasteiger partial charge in [0.15, 0.2) is 11.9 Å². The molecule has 0 N–H and O–H groups in total. The normalized spacial score (nSPS) is 11.7. The predicted octanol–water partition coefficient (Wildman–Crippen LogP) is 3.16. The van der Waals surface area contributed by atoms with Crippen molar-refractivity contribution in [2.45, 2.75) is 4.90 Å². The van der Waals surface area contributed by atoms with Crippen LogP contribution in [0.3, 0.4) is 0 Å². The minimum absolute atomic E-state index is 0.00709. The van der Waals surface area contributed by atoms with Crippen LogP contribution in [-0.2, 0) is 17.1 Å². The summed E-state index contributed by atoms with van der Waals surface area (Å²) in [6, 6.07) is 7.68. The Labute approximate surface area is 178 Å². The molecule has 0 aliphatic heterocycles. The molecule has 0 spiro atoms. The van der Waals surface area contributed by atoms with E-state index in [1.807, 2.05) is 0 Å². The lowest BCUT2D eigenvalue weighted by Crippen LogP contribution is -2.15. The number of aromatic nitrogens is 4. The first kappa shape index (κ1) is 19.9. The largest absolute Gasteiger partial charge is 0.298 e. The van der Waals surface area contributed by atoms with Crippen LogP contribution in [0, 0.1) is 10.1 Å². The van der Waals surface area contributed by atoms with Crippen molar-refractivity contribution < 1.29 is 18.1 Å². The number of carbonyl (C=O) groups excluding carboxylic acids is 1. The van der Waals surface area contributed by atoms with E-state index in [9.17, 15) is 23.3 Å². The monoisotopic (exact) mass is 489 g/mol. The first-order valence-electron chi connectivity index (χ1n) is 8.39. The molecule has 0 saturated heterocycles. The smallest absolute Gasteiger partial charge is 0.298 e.